The molecule has 0 spiro atoms. The summed E-state index contributed by atoms with van der Waals surface area (Å²) in [4.78, 5) is 16.9. The molecule has 1 aromatic heterocycles. The number of sulfonamides is 1. The third-order valence-electron chi connectivity index (χ3n) is 6.09. The summed E-state index contributed by atoms with van der Waals surface area (Å²) in [5.74, 6) is -0.173. The van der Waals surface area contributed by atoms with E-state index in [1.54, 1.807) is 42.5 Å². The van der Waals surface area contributed by atoms with Gasteiger partial charge in [-0.1, -0.05) is 48.9 Å². The van der Waals surface area contributed by atoms with Crippen LogP contribution in [-0.4, -0.2) is 43.2 Å². The Morgan fingerprint density at radius 3 is 2.47 bits per heavy atom. The first-order valence-corrected chi connectivity index (χ1v) is 13.1. The molecule has 2 aromatic carbocycles. The first kappa shape index (κ1) is 22.7. The van der Waals surface area contributed by atoms with Crippen LogP contribution in [0.4, 0.5) is 0 Å². The van der Waals surface area contributed by atoms with Gasteiger partial charge in [0.1, 0.15) is 0 Å². The number of nitrogens with zero attached hydrogens (tertiary/aromatic N) is 2. The molecule has 7 heteroatoms. The van der Waals surface area contributed by atoms with Crippen LogP contribution in [-0.2, 0) is 21.2 Å². The maximum Gasteiger partial charge on any atom is 0.243 e. The Balaban J connectivity index is 1.65. The van der Waals surface area contributed by atoms with Gasteiger partial charge in [0.25, 0.3) is 0 Å². The fraction of sp³-hybridized carbons (Fsp3) is 0.320. The molecular weight excluding hydrogens is 440 g/mol. The van der Waals surface area contributed by atoms with Crippen LogP contribution < -0.4 is 0 Å². The predicted molar refractivity (Wildman–Crippen MR) is 128 cm³/mol. The lowest BCUT2D eigenvalue weighted by molar-refractivity contribution is -0.133. The molecule has 0 saturated carbocycles. The van der Waals surface area contributed by atoms with Gasteiger partial charge in [-0.25, -0.2) is 8.42 Å². The predicted octanol–water partition coefficient (Wildman–Crippen LogP) is 4.55. The fourth-order valence-electron chi connectivity index (χ4n) is 4.28. The molecule has 3 aromatic rings. The minimum Gasteiger partial charge on any atom is -0.330 e. The smallest absolute Gasteiger partial charge is 0.243 e. The van der Waals surface area contributed by atoms with Crippen molar-refractivity contribution in [3.63, 3.8) is 0 Å². The van der Waals surface area contributed by atoms with E-state index in [0.29, 0.717) is 6.54 Å². The van der Waals surface area contributed by atoms with Crippen molar-refractivity contribution in [2.24, 2.45) is 0 Å². The Morgan fingerprint density at radius 1 is 1.06 bits per heavy atom. The molecule has 168 valence electrons. The number of carbonyl (C=O) groups excluding carboxylic acids is 1. The van der Waals surface area contributed by atoms with Gasteiger partial charge in [-0.15, -0.1) is 11.3 Å². The zero-order valence-electron chi connectivity index (χ0n) is 18.6. The van der Waals surface area contributed by atoms with E-state index in [4.69, 9.17) is 0 Å². The van der Waals surface area contributed by atoms with Crippen molar-refractivity contribution in [2.75, 3.05) is 19.6 Å². The SMILES string of the molecule is CCN(CC(=O)N1CCc2sccc2C1c1ccccc1C)S(=O)(=O)c1ccc(C)cc1. The van der Waals surface area contributed by atoms with Crippen LogP contribution in [0.15, 0.2) is 64.9 Å². The lowest BCUT2D eigenvalue weighted by Crippen LogP contribution is -2.46. The molecule has 0 aliphatic carbocycles. The lowest BCUT2D eigenvalue weighted by atomic mass is 9.90. The average Bonchev–Trinajstić information content (AvgIpc) is 3.26. The number of benzene rings is 2. The van der Waals surface area contributed by atoms with Gasteiger partial charge in [-0.05, 0) is 60.5 Å². The highest BCUT2D eigenvalue weighted by molar-refractivity contribution is 7.89. The second-order valence-corrected chi connectivity index (χ2v) is 11.1. The van der Waals surface area contributed by atoms with Gasteiger partial charge < -0.3 is 4.90 Å². The molecular formula is C25H28N2O3S2. The molecule has 1 aliphatic heterocycles. The molecule has 2 heterocycles. The van der Waals surface area contributed by atoms with Crippen molar-refractivity contribution in [1.29, 1.82) is 0 Å². The number of hydrogen-bond acceptors (Lipinski definition) is 4. The zero-order chi connectivity index (χ0) is 22.9. The van der Waals surface area contributed by atoms with E-state index in [2.05, 4.69) is 30.5 Å². The molecule has 1 atom stereocenters. The van der Waals surface area contributed by atoms with E-state index in [1.165, 1.54) is 9.18 Å². The first-order valence-electron chi connectivity index (χ1n) is 10.8. The first-order chi connectivity index (χ1) is 15.3. The molecule has 1 amide bonds. The summed E-state index contributed by atoms with van der Waals surface area (Å²) in [5, 5.41) is 2.07. The molecule has 32 heavy (non-hydrogen) atoms. The highest BCUT2D eigenvalue weighted by Gasteiger charge is 2.35. The van der Waals surface area contributed by atoms with Crippen LogP contribution >= 0.6 is 11.3 Å². The molecule has 0 N–H and O–H groups in total. The minimum absolute atomic E-state index is 0.172. The van der Waals surface area contributed by atoms with Crippen molar-refractivity contribution < 1.29 is 13.2 Å². The van der Waals surface area contributed by atoms with E-state index in [1.807, 2.05) is 24.0 Å². The van der Waals surface area contributed by atoms with Crippen LogP contribution in [0.5, 0.6) is 0 Å². The molecule has 1 aliphatic rings. The van der Waals surface area contributed by atoms with E-state index in [0.717, 1.165) is 28.7 Å². The van der Waals surface area contributed by atoms with Crippen molar-refractivity contribution in [2.45, 2.75) is 38.1 Å². The van der Waals surface area contributed by atoms with Gasteiger partial charge in [-0.2, -0.15) is 4.31 Å². The third-order valence-corrected chi connectivity index (χ3v) is 9.02. The van der Waals surface area contributed by atoms with Crippen molar-refractivity contribution >= 4 is 27.3 Å². The van der Waals surface area contributed by atoms with E-state index in [9.17, 15) is 13.2 Å². The summed E-state index contributed by atoms with van der Waals surface area (Å²) in [5.41, 5.74) is 4.34. The number of carbonyl (C=O) groups is 1. The van der Waals surface area contributed by atoms with Gasteiger partial charge in [0.15, 0.2) is 0 Å². The van der Waals surface area contributed by atoms with E-state index in [-0.39, 0.29) is 29.9 Å². The molecule has 0 radical (unpaired) electrons. The highest BCUT2D eigenvalue weighted by Crippen LogP contribution is 2.39. The number of likely N-dealkylation sites (N-methyl/N-ethyl adjacent to an activating group) is 1. The summed E-state index contributed by atoms with van der Waals surface area (Å²) >= 11 is 1.72. The highest BCUT2D eigenvalue weighted by atomic mass is 32.2. The monoisotopic (exact) mass is 468 g/mol. The van der Waals surface area contributed by atoms with Crippen molar-refractivity contribution in [3.05, 3.63) is 87.1 Å². The quantitative estimate of drug-likeness (QED) is 0.533. The Kier molecular flexibility index (Phi) is 6.51. The van der Waals surface area contributed by atoms with Crippen LogP contribution in [0.2, 0.25) is 0 Å². The van der Waals surface area contributed by atoms with Gasteiger partial charge in [0.2, 0.25) is 15.9 Å². The second kappa shape index (κ2) is 9.17. The molecule has 0 saturated heterocycles. The maximum absolute atomic E-state index is 13.5. The maximum atomic E-state index is 13.5. The Hall–Kier alpha value is -2.48. The standard InChI is InChI=1S/C25H28N2O3S2/c1-4-26(32(29,30)20-11-9-18(2)10-12-20)17-24(28)27-15-13-23-22(14-16-31-23)25(27)21-8-6-5-7-19(21)3/h5-12,14,16,25H,4,13,15,17H2,1-3H3. The molecule has 0 fully saturated rings. The van der Waals surface area contributed by atoms with E-state index < -0.39 is 10.0 Å². The largest absolute Gasteiger partial charge is 0.330 e. The molecule has 0 bridgehead atoms. The topological polar surface area (TPSA) is 57.7 Å². The molecule has 5 nitrogen and oxygen atoms in total. The number of rotatable bonds is 6. The number of hydrogen-bond donors (Lipinski definition) is 0. The number of amides is 1. The minimum atomic E-state index is -3.75. The fourth-order valence-corrected chi connectivity index (χ4v) is 6.58. The normalized spacial score (nSPS) is 16.2. The van der Waals surface area contributed by atoms with Crippen LogP contribution in [0.3, 0.4) is 0 Å². The zero-order valence-corrected chi connectivity index (χ0v) is 20.2. The number of thiophene rings is 1. The summed E-state index contributed by atoms with van der Waals surface area (Å²) in [6, 6.07) is 16.8. The van der Waals surface area contributed by atoms with Crippen molar-refractivity contribution in [3.8, 4) is 0 Å². The Morgan fingerprint density at radius 2 is 1.78 bits per heavy atom. The van der Waals surface area contributed by atoms with Gasteiger partial charge >= 0.3 is 0 Å². The molecule has 1 unspecified atom stereocenters. The lowest BCUT2D eigenvalue weighted by Gasteiger charge is -2.38. The van der Waals surface area contributed by atoms with Gasteiger partial charge in [0, 0.05) is 18.0 Å². The summed E-state index contributed by atoms with van der Waals surface area (Å²) in [7, 11) is -3.75. The van der Waals surface area contributed by atoms with E-state index >= 15 is 0 Å². The number of aryl methyl sites for hydroxylation is 2. The molecule has 4 rings (SSSR count). The van der Waals surface area contributed by atoms with Gasteiger partial charge in [-0.3, -0.25) is 4.79 Å². The number of fused-ring (bicyclic) bond motifs is 1. The van der Waals surface area contributed by atoms with Crippen LogP contribution in [0, 0.1) is 13.8 Å². The summed E-state index contributed by atoms with van der Waals surface area (Å²) < 4.78 is 27.7. The summed E-state index contributed by atoms with van der Waals surface area (Å²) in [6.45, 7) is 6.37. The van der Waals surface area contributed by atoms with Crippen LogP contribution in [0.25, 0.3) is 0 Å². The van der Waals surface area contributed by atoms with Gasteiger partial charge in [0.05, 0.1) is 17.5 Å². The summed E-state index contributed by atoms with van der Waals surface area (Å²) in [6.07, 6.45) is 0.790. The Bertz CT molecular complexity index is 1220. The van der Waals surface area contributed by atoms with Crippen molar-refractivity contribution in [1.82, 2.24) is 9.21 Å². The Labute approximate surface area is 194 Å². The van der Waals surface area contributed by atoms with Crippen LogP contribution in [0.1, 0.15) is 40.1 Å². The average molecular weight is 469 g/mol. The third kappa shape index (κ3) is 4.25. The second-order valence-electron chi connectivity index (χ2n) is 8.14.